The van der Waals surface area contributed by atoms with Gasteiger partial charge >= 0.3 is 0 Å². The molecule has 356 valence electrons. The summed E-state index contributed by atoms with van der Waals surface area (Å²) < 4.78 is 2.47. The Balaban J connectivity index is 1.03. The maximum Gasteiger partial charge on any atom is 0.0541 e. The predicted molar refractivity (Wildman–Crippen MR) is 318 cm³/mol. The maximum absolute atomic E-state index is 2.53. The molecule has 0 amide bonds. The lowest BCUT2D eigenvalue weighted by molar-refractivity contribution is 0.590. The van der Waals surface area contributed by atoms with Crippen molar-refractivity contribution in [3.63, 3.8) is 0 Å². The van der Waals surface area contributed by atoms with Gasteiger partial charge in [-0.15, -0.1) is 0 Å². The van der Waals surface area contributed by atoms with Crippen molar-refractivity contribution in [2.24, 2.45) is 0 Å². The van der Waals surface area contributed by atoms with E-state index in [9.17, 15) is 0 Å². The fourth-order valence-electron chi connectivity index (χ4n) is 11.5. The summed E-state index contributed by atoms with van der Waals surface area (Å²) >= 11 is 0. The molecule has 0 N–H and O–H groups in total. The molecule has 74 heavy (non-hydrogen) atoms. The normalized spacial score (nSPS) is 12.2. The van der Waals surface area contributed by atoms with Crippen LogP contribution in [0, 0.1) is 0 Å². The van der Waals surface area contributed by atoms with Crippen LogP contribution in [0.25, 0.3) is 104 Å². The Morgan fingerprint density at radius 3 is 1.46 bits per heavy atom. The number of benzene rings is 12. The predicted octanol–water partition coefficient (Wildman–Crippen LogP) is 20.4. The number of rotatable bonds is 8. The summed E-state index contributed by atoms with van der Waals surface area (Å²) in [5, 5.41) is 9.98. The molecule has 0 fully saturated rings. The zero-order valence-electron chi connectivity index (χ0n) is 43.0. The Labute approximate surface area is 434 Å². The number of aromatic nitrogens is 1. The fourth-order valence-corrected chi connectivity index (χ4v) is 11.5. The first-order valence-electron chi connectivity index (χ1n) is 26.1. The van der Waals surface area contributed by atoms with E-state index in [-0.39, 0.29) is 10.8 Å². The average Bonchev–Trinajstić information content (AvgIpc) is 3.80. The van der Waals surface area contributed by atoms with Crippen LogP contribution in [0.5, 0.6) is 0 Å². The number of fused-ring (bicyclic) bond motifs is 3. The van der Waals surface area contributed by atoms with Crippen LogP contribution < -0.4 is 4.90 Å². The Hall–Kier alpha value is -8.72. The molecule has 0 saturated carbocycles. The van der Waals surface area contributed by atoms with E-state index in [0.29, 0.717) is 0 Å². The molecule has 0 radical (unpaired) electrons. The second-order valence-electron chi connectivity index (χ2n) is 22.2. The van der Waals surface area contributed by atoms with Crippen LogP contribution in [0.4, 0.5) is 17.1 Å². The lowest BCUT2D eigenvalue weighted by Crippen LogP contribution is -2.15. The van der Waals surface area contributed by atoms with Crippen LogP contribution in [0.2, 0.25) is 0 Å². The molecule has 2 nitrogen and oxygen atoms in total. The smallest absolute Gasteiger partial charge is 0.0541 e. The van der Waals surface area contributed by atoms with Crippen LogP contribution in [-0.4, -0.2) is 4.57 Å². The molecule has 0 aliphatic heterocycles. The van der Waals surface area contributed by atoms with E-state index in [1.54, 1.807) is 0 Å². The molecule has 1 heterocycles. The van der Waals surface area contributed by atoms with Crippen molar-refractivity contribution in [3.8, 4) is 50.2 Å². The second-order valence-corrected chi connectivity index (χ2v) is 22.2. The summed E-state index contributed by atoms with van der Waals surface area (Å²) in [6.45, 7) is 13.8. The van der Waals surface area contributed by atoms with Gasteiger partial charge in [0.1, 0.15) is 0 Å². The van der Waals surface area contributed by atoms with Gasteiger partial charge in [0.05, 0.1) is 22.4 Å². The van der Waals surface area contributed by atoms with Crippen molar-refractivity contribution in [1.29, 1.82) is 0 Å². The monoisotopic (exact) mass is 950 g/mol. The van der Waals surface area contributed by atoms with E-state index in [0.717, 1.165) is 17.1 Å². The van der Waals surface area contributed by atoms with Crippen LogP contribution in [-0.2, 0) is 10.8 Å². The van der Waals surface area contributed by atoms with Crippen molar-refractivity contribution in [1.82, 2.24) is 4.57 Å². The molecule has 12 aromatic carbocycles. The van der Waals surface area contributed by atoms with Crippen LogP contribution in [0.1, 0.15) is 52.7 Å². The van der Waals surface area contributed by atoms with E-state index in [4.69, 9.17) is 0 Å². The number of para-hydroxylation sites is 2. The molecule has 2 heteroatoms. The first kappa shape index (κ1) is 45.2. The summed E-state index contributed by atoms with van der Waals surface area (Å²) in [6, 6.07) is 90.6. The highest BCUT2D eigenvalue weighted by atomic mass is 15.1. The van der Waals surface area contributed by atoms with E-state index in [1.165, 1.54) is 115 Å². The Kier molecular flexibility index (Phi) is 10.7. The van der Waals surface area contributed by atoms with E-state index in [1.807, 2.05) is 0 Å². The molecular weight excluding hydrogens is 893 g/mol. The van der Waals surface area contributed by atoms with Gasteiger partial charge in [0.15, 0.2) is 0 Å². The molecule has 1 aromatic heterocycles. The molecule has 0 spiro atoms. The van der Waals surface area contributed by atoms with Crippen molar-refractivity contribution < 1.29 is 0 Å². The molecule has 0 aliphatic carbocycles. The quantitative estimate of drug-likeness (QED) is 0.138. The van der Waals surface area contributed by atoms with Crippen molar-refractivity contribution >= 4 is 71.2 Å². The highest BCUT2D eigenvalue weighted by Gasteiger charge is 2.25. The molecule has 0 atom stereocenters. The Morgan fingerprint density at radius 2 is 0.811 bits per heavy atom. The number of nitrogens with zero attached hydrogens (tertiary/aromatic N) is 2. The number of anilines is 3. The summed E-state index contributed by atoms with van der Waals surface area (Å²) in [4.78, 5) is 2.53. The first-order valence-corrected chi connectivity index (χ1v) is 26.1. The molecule has 13 aromatic rings. The lowest BCUT2D eigenvalue weighted by Gasteiger charge is -2.31. The molecule has 0 unspecified atom stereocenters. The molecule has 13 rings (SSSR count). The van der Waals surface area contributed by atoms with Gasteiger partial charge in [0, 0.05) is 32.9 Å². The van der Waals surface area contributed by atoms with Gasteiger partial charge in [-0.1, -0.05) is 236 Å². The topological polar surface area (TPSA) is 8.17 Å². The minimum atomic E-state index is -0.131. The standard InChI is InChI=1S/C72H58N2/c1-71(2,3)55-37-31-48(32-38-55)47-27-29-49(30-28-47)54-43-56(72(4,5)6)46-58(45-54)73(57-20-16-19-53(44-57)60-22-11-10-21-59(60)50-17-8-7-9-18-50)67-41-35-51-34-40-64-68(42-36-52-33-39-63(67)69(51)70(52)64)74-65-25-14-12-23-61(65)62-24-13-15-26-66(62)74/h7-46H,1-6H3. The summed E-state index contributed by atoms with van der Waals surface area (Å²) in [7, 11) is 0. The maximum atomic E-state index is 2.53. The SMILES string of the molecule is CC(C)(C)c1ccc(-c2ccc(-c3cc(N(c4cccc(-c5ccccc5-c5ccccc5)c4)c4ccc5ccc6c(-n7c8ccccc8c8ccccc87)ccc7ccc4c5c76)cc(C(C)(C)C)c3)cc2)cc1. The van der Waals surface area contributed by atoms with E-state index in [2.05, 4.69) is 294 Å². The van der Waals surface area contributed by atoms with Crippen LogP contribution in [0.3, 0.4) is 0 Å². The lowest BCUT2D eigenvalue weighted by atomic mass is 9.84. The van der Waals surface area contributed by atoms with Crippen molar-refractivity contribution in [2.45, 2.75) is 52.4 Å². The second kappa shape index (κ2) is 17.5. The van der Waals surface area contributed by atoms with Gasteiger partial charge in [0.2, 0.25) is 0 Å². The van der Waals surface area contributed by atoms with Gasteiger partial charge in [-0.05, 0) is 137 Å². The minimum Gasteiger partial charge on any atom is -0.310 e. The molecular formula is C72H58N2. The first-order chi connectivity index (χ1) is 36.0. The molecule has 0 aliphatic rings. The molecule has 0 saturated heterocycles. The number of hydrogen-bond acceptors (Lipinski definition) is 1. The summed E-state index contributed by atoms with van der Waals surface area (Å²) in [5.41, 5.74) is 19.1. The highest BCUT2D eigenvalue weighted by Crippen LogP contribution is 2.48. The average molecular weight is 951 g/mol. The zero-order chi connectivity index (χ0) is 50.3. The number of hydrogen-bond donors (Lipinski definition) is 0. The fraction of sp³-hybridized carbons (Fsp3) is 0.111. The van der Waals surface area contributed by atoms with E-state index >= 15 is 0 Å². The Bertz CT molecular complexity index is 4180. The van der Waals surface area contributed by atoms with Gasteiger partial charge in [-0.25, -0.2) is 0 Å². The van der Waals surface area contributed by atoms with Crippen molar-refractivity contribution in [2.75, 3.05) is 4.90 Å². The third kappa shape index (κ3) is 7.72. The minimum absolute atomic E-state index is 0.107. The van der Waals surface area contributed by atoms with Gasteiger partial charge < -0.3 is 9.47 Å². The van der Waals surface area contributed by atoms with Gasteiger partial charge in [-0.2, -0.15) is 0 Å². The zero-order valence-corrected chi connectivity index (χ0v) is 43.0. The van der Waals surface area contributed by atoms with Crippen LogP contribution in [0.15, 0.2) is 243 Å². The highest BCUT2D eigenvalue weighted by molar-refractivity contribution is 6.27. The third-order valence-corrected chi connectivity index (χ3v) is 15.5. The third-order valence-electron chi connectivity index (χ3n) is 15.5. The Morgan fingerprint density at radius 1 is 0.311 bits per heavy atom. The van der Waals surface area contributed by atoms with Gasteiger partial charge in [0.25, 0.3) is 0 Å². The van der Waals surface area contributed by atoms with Crippen LogP contribution >= 0.6 is 0 Å². The van der Waals surface area contributed by atoms with E-state index < -0.39 is 0 Å². The molecule has 0 bridgehead atoms. The summed E-state index contributed by atoms with van der Waals surface area (Å²) in [5.74, 6) is 0. The largest absolute Gasteiger partial charge is 0.310 e. The van der Waals surface area contributed by atoms with Crippen molar-refractivity contribution in [3.05, 3.63) is 254 Å². The summed E-state index contributed by atoms with van der Waals surface area (Å²) in [6.07, 6.45) is 0. The van der Waals surface area contributed by atoms with Gasteiger partial charge in [-0.3, -0.25) is 0 Å².